The first-order valence-corrected chi connectivity index (χ1v) is 6.26. The summed E-state index contributed by atoms with van der Waals surface area (Å²) in [5, 5.41) is 13.3. The smallest absolute Gasteiger partial charge is 0.165 e. The molecule has 0 aliphatic heterocycles. The Morgan fingerprint density at radius 1 is 1.31 bits per heavy atom. The number of aromatic nitrogens is 1. The largest absolute Gasteiger partial charge is 0.385 e. The summed E-state index contributed by atoms with van der Waals surface area (Å²) < 4.78 is 6.94. The van der Waals surface area contributed by atoms with Crippen LogP contribution in [0.15, 0.2) is 37.7 Å². The second kappa shape index (κ2) is 4.69. The van der Waals surface area contributed by atoms with Gasteiger partial charge in [-0.3, -0.25) is 0 Å². The zero-order valence-electron chi connectivity index (χ0n) is 8.45. The van der Waals surface area contributed by atoms with Crippen molar-refractivity contribution in [2.45, 2.75) is 13.0 Å². The molecule has 1 aromatic carbocycles. The van der Waals surface area contributed by atoms with Gasteiger partial charge in [-0.2, -0.15) is 0 Å². The number of hydrogen-bond acceptors (Lipinski definition) is 3. The van der Waals surface area contributed by atoms with Gasteiger partial charge in [0.15, 0.2) is 5.76 Å². The average molecular weight is 347 g/mol. The Balaban J connectivity index is 2.46. The van der Waals surface area contributed by atoms with Crippen molar-refractivity contribution in [3.8, 4) is 11.3 Å². The fourth-order valence-electron chi connectivity index (χ4n) is 1.31. The highest BCUT2D eigenvalue weighted by molar-refractivity contribution is 9.11. The molecule has 0 aliphatic rings. The lowest BCUT2D eigenvalue weighted by Crippen LogP contribution is -1.85. The second-order valence-electron chi connectivity index (χ2n) is 3.41. The maximum Gasteiger partial charge on any atom is 0.165 e. The number of halogens is 2. The molecule has 2 rings (SSSR count). The number of aliphatic hydroxyl groups excluding tert-OH is 1. The standard InChI is InChI=1S/C11H9Br2NO2/c1-6(15)11-5-10(14-16-11)8-4-7(12)2-3-9(8)13/h2-6,15H,1H3. The minimum absolute atomic E-state index is 0.460. The molecular weight excluding hydrogens is 338 g/mol. The molecule has 0 spiro atoms. The molecule has 0 amide bonds. The molecule has 1 aromatic heterocycles. The summed E-state index contributed by atoms with van der Waals surface area (Å²) in [6, 6.07) is 7.53. The monoisotopic (exact) mass is 345 g/mol. The Kier molecular flexibility index (Phi) is 3.47. The van der Waals surface area contributed by atoms with Gasteiger partial charge in [0.05, 0.1) is 0 Å². The third-order valence-electron chi connectivity index (χ3n) is 2.14. The molecule has 0 bridgehead atoms. The molecule has 5 heteroatoms. The van der Waals surface area contributed by atoms with Gasteiger partial charge in [-0.25, -0.2) is 0 Å². The van der Waals surface area contributed by atoms with Gasteiger partial charge in [0.2, 0.25) is 0 Å². The maximum absolute atomic E-state index is 9.35. The topological polar surface area (TPSA) is 46.3 Å². The Morgan fingerprint density at radius 3 is 2.69 bits per heavy atom. The number of hydrogen-bond donors (Lipinski definition) is 1. The van der Waals surface area contributed by atoms with Crippen molar-refractivity contribution in [2.75, 3.05) is 0 Å². The molecule has 0 aliphatic carbocycles. The highest BCUT2D eigenvalue weighted by atomic mass is 79.9. The molecule has 0 fully saturated rings. The van der Waals surface area contributed by atoms with E-state index in [1.807, 2.05) is 18.2 Å². The van der Waals surface area contributed by atoms with E-state index in [0.29, 0.717) is 11.5 Å². The Bertz CT molecular complexity index is 508. The van der Waals surface area contributed by atoms with Crippen LogP contribution in [0.1, 0.15) is 18.8 Å². The van der Waals surface area contributed by atoms with E-state index in [1.165, 1.54) is 0 Å². The van der Waals surface area contributed by atoms with Crippen molar-refractivity contribution >= 4 is 31.9 Å². The van der Waals surface area contributed by atoms with E-state index >= 15 is 0 Å². The molecule has 0 radical (unpaired) electrons. The summed E-state index contributed by atoms with van der Waals surface area (Å²) in [7, 11) is 0. The van der Waals surface area contributed by atoms with Crippen molar-refractivity contribution in [1.29, 1.82) is 0 Å². The highest BCUT2D eigenvalue weighted by Gasteiger charge is 2.12. The van der Waals surface area contributed by atoms with Gasteiger partial charge in [-0.15, -0.1) is 0 Å². The minimum atomic E-state index is -0.646. The Labute approximate surface area is 110 Å². The first kappa shape index (κ1) is 11.8. The zero-order chi connectivity index (χ0) is 11.7. The van der Waals surface area contributed by atoms with Crippen LogP contribution in [0.2, 0.25) is 0 Å². The molecule has 2 aromatic rings. The van der Waals surface area contributed by atoms with E-state index in [0.717, 1.165) is 14.5 Å². The van der Waals surface area contributed by atoms with Gasteiger partial charge in [0.1, 0.15) is 11.8 Å². The number of benzene rings is 1. The van der Waals surface area contributed by atoms with E-state index in [9.17, 15) is 5.11 Å². The lowest BCUT2D eigenvalue weighted by Gasteiger charge is -2.00. The molecule has 3 nitrogen and oxygen atoms in total. The summed E-state index contributed by atoms with van der Waals surface area (Å²) in [6.45, 7) is 1.64. The van der Waals surface area contributed by atoms with E-state index in [1.54, 1.807) is 13.0 Å². The van der Waals surface area contributed by atoms with Gasteiger partial charge >= 0.3 is 0 Å². The number of aliphatic hydroxyl groups is 1. The second-order valence-corrected chi connectivity index (χ2v) is 5.18. The first-order valence-electron chi connectivity index (χ1n) is 4.68. The van der Waals surface area contributed by atoms with Gasteiger partial charge < -0.3 is 9.63 Å². The number of nitrogens with zero attached hydrogens (tertiary/aromatic N) is 1. The van der Waals surface area contributed by atoms with Crippen LogP contribution in [0.5, 0.6) is 0 Å². The molecule has 1 N–H and O–H groups in total. The molecule has 16 heavy (non-hydrogen) atoms. The van der Waals surface area contributed by atoms with Gasteiger partial charge in [0.25, 0.3) is 0 Å². The molecule has 1 unspecified atom stereocenters. The van der Waals surface area contributed by atoms with Crippen molar-refractivity contribution < 1.29 is 9.63 Å². The number of rotatable bonds is 2. The third kappa shape index (κ3) is 2.36. The van der Waals surface area contributed by atoms with Crippen LogP contribution < -0.4 is 0 Å². The van der Waals surface area contributed by atoms with Crippen LogP contribution in [0.4, 0.5) is 0 Å². The predicted octanol–water partition coefficient (Wildman–Crippen LogP) is 3.92. The molecule has 1 atom stereocenters. The van der Waals surface area contributed by atoms with Crippen molar-refractivity contribution in [2.24, 2.45) is 0 Å². The van der Waals surface area contributed by atoms with E-state index in [-0.39, 0.29) is 0 Å². The fraction of sp³-hybridized carbons (Fsp3) is 0.182. The van der Waals surface area contributed by atoms with Crippen LogP contribution in [0.25, 0.3) is 11.3 Å². The SMILES string of the molecule is CC(O)c1cc(-c2cc(Br)ccc2Br)no1. The van der Waals surface area contributed by atoms with Crippen molar-refractivity contribution in [3.63, 3.8) is 0 Å². The predicted molar refractivity (Wildman–Crippen MR) is 68.0 cm³/mol. The molecule has 0 saturated carbocycles. The summed E-state index contributed by atoms with van der Waals surface area (Å²) in [5.74, 6) is 0.460. The third-order valence-corrected chi connectivity index (χ3v) is 3.33. The van der Waals surface area contributed by atoms with E-state index in [2.05, 4.69) is 37.0 Å². The fourth-order valence-corrected chi connectivity index (χ4v) is 2.12. The summed E-state index contributed by atoms with van der Waals surface area (Å²) in [6.07, 6.45) is -0.646. The summed E-state index contributed by atoms with van der Waals surface area (Å²) >= 11 is 6.85. The lowest BCUT2D eigenvalue weighted by molar-refractivity contribution is 0.158. The average Bonchev–Trinajstić information content (AvgIpc) is 2.70. The van der Waals surface area contributed by atoms with Crippen LogP contribution in [0, 0.1) is 0 Å². The van der Waals surface area contributed by atoms with Crippen LogP contribution >= 0.6 is 31.9 Å². The summed E-state index contributed by atoms with van der Waals surface area (Å²) in [5.41, 5.74) is 1.62. The quantitative estimate of drug-likeness (QED) is 0.896. The van der Waals surface area contributed by atoms with Crippen LogP contribution in [-0.2, 0) is 0 Å². The Hall–Kier alpha value is -0.650. The summed E-state index contributed by atoms with van der Waals surface area (Å²) in [4.78, 5) is 0. The van der Waals surface area contributed by atoms with Crippen molar-refractivity contribution in [3.05, 3.63) is 39.0 Å². The zero-order valence-corrected chi connectivity index (χ0v) is 11.6. The van der Waals surface area contributed by atoms with E-state index in [4.69, 9.17) is 4.52 Å². The van der Waals surface area contributed by atoms with E-state index < -0.39 is 6.10 Å². The molecule has 84 valence electrons. The van der Waals surface area contributed by atoms with Crippen LogP contribution in [0.3, 0.4) is 0 Å². The highest BCUT2D eigenvalue weighted by Crippen LogP contribution is 2.31. The Morgan fingerprint density at radius 2 is 2.06 bits per heavy atom. The normalized spacial score (nSPS) is 12.8. The lowest BCUT2D eigenvalue weighted by atomic mass is 10.1. The minimum Gasteiger partial charge on any atom is -0.385 e. The molecule has 0 saturated heterocycles. The molecular formula is C11H9Br2NO2. The first-order chi connectivity index (χ1) is 7.58. The van der Waals surface area contributed by atoms with Gasteiger partial charge in [0, 0.05) is 20.6 Å². The van der Waals surface area contributed by atoms with Crippen LogP contribution in [-0.4, -0.2) is 10.3 Å². The molecule has 1 heterocycles. The van der Waals surface area contributed by atoms with Crippen molar-refractivity contribution in [1.82, 2.24) is 5.16 Å². The van der Waals surface area contributed by atoms with Gasteiger partial charge in [-0.1, -0.05) is 37.0 Å². The van der Waals surface area contributed by atoms with Gasteiger partial charge in [-0.05, 0) is 25.1 Å². The maximum atomic E-state index is 9.35.